The van der Waals surface area contributed by atoms with Crippen molar-refractivity contribution in [1.29, 1.82) is 5.41 Å². The second-order valence-corrected chi connectivity index (χ2v) is 12.4. The molecule has 2 bridgehead atoms. The zero-order chi connectivity index (χ0) is 28.1. The predicted octanol–water partition coefficient (Wildman–Crippen LogP) is 2.48. The highest BCUT2D eigenvalue weighted by molar-refractivity contribution is 6.01. The number of morpholine rings is 1. The first-order chi connectivity index (χ1) is 19.2. The fraction of sp³-hybridized carbons (Fsp3) is 0.690. The third-order valence-electron chi connectivity index (χ3n) is 9.74. The molecule has 0 spiro atoms. The molecule has 11 nitrogen and oxygen atoms in total. The fourth-order valence-electron chi connectivity index (χ4n) is 7.34. The van der Waals surface area contributed by atoms with Crippen molar-refractivity contribution in [3.8, 4) is 0 Å². The highest BCUT2D eigenvalue weighted by atomic mass is 16.5. The van der Waals surface area contributed by atoms with E-state index >= 15 is 0 Å². The van der Waals surface area contributed by atoms with Crippen LogP contribution in [0.15, 0.2) is 0 Å². The molecule has 4 heterocycles. The Kier molecular flexibility index (Phi) is 7.06. The summed E-state index contributed by atoms with van der Waals surface area (Å²) in [7, 11) is 1.87. The van der Waals surface area contributed by atoms with Crippen molar-refractivity contribution in [2.45, 2.75) is 90.4 Å². The summed E-state index contributed by atoms with van der Waals surface area (Å²) in [5.41, 5.74) is 5.81. The van der Waals surface area contributed by atoms with Crippen molar-refractivity contribution in [2.24, 2.45) is 5.41 Å². The second kappa shape index (κ2) is 10.4. The number of rotatable bonds is 7. The SMILES string of the molecule is CNc1c(C(C)=N)nc(C)nc1N1CCc2c(c(C)nn2CC23CCC(NC(=O)[C@@H]4CNCCO4)(CC2)CC3)C1. The fourth-order valence-corrected chi connectivity index (χ4v) is 7.34. The number of carbonyl (C=O) groups is 1. The first kappa shape index (κ1) is 27.1. The van der Waals surface area contributed by atoms with Crippen molar-refractivity contribution >= 4 is 23.1 Å². The summed E-state index contributed by atoms with van der Waals surface area (Å²) in [6.45, 7) is 10.3. The Hall–Kier alpha value is -3.05. The van der Waals surface area contributed by atoms with Crippen LogP contribution in [0.5, 0.6) is 0 Å². The molecule has 1 saturated heterocycles. The largest absolute Gasteiger partial charge is 0.383 e. The number of hydrogen-bond donors (Lipinski definition) is 4. The van der Waals surface area contributed by atoms with Crippen LogP contribution in [-0.2, 0) is 29.0 Å². The van der Waals surface area contributed by atoms with Crippen molar-refractivity contribution in [3.05, 3.63) is 28.5 Å². The monoisotopic (exact) mass is 549 g/mol. The second-order valence-electron chi connectivity index (χ2n) is 12.4. The maximum Gasteiger partial charge on any atom is 0.250 e. The van der Waals surface area contributed by atoms with Crippen LogP contribution >= 0.6 is 0 Å². The zero-order valence-corrected chi connectivity index (χ0v) is 24.3. The average Bonchev–Trinajstić information content (AvgIpc) is 3.27. The molecule has 0 unspecified atom stereocenters. The van der Waals surface area contributed by atoms with E-state index in [1.165, 1.54) is 11.3 Å². The van der Waals surface area contributed by atoms with Gasteiger partial charge in [0.15, 0.2) is 5.82 Å². The van der Waals surface area contributed by atoms with Crippen LogP contribution in [0, 0.1) is 24.7 Å². The normalized spacial score (nSPS) is 27.8. The quantitative estimate of drug-likeness (QED) is 0.387. The molecule has 1 atom stereocenters. The van der Waals surface area contributed by atoms with Gasteiger partial charge >= 0.3 is 0 Å². The Labute approximate surface area is 236 Å². The minimum absolute atomic E-state index is 0.0473. The number of amides is 1. The van der Waals surface area contributed by atoms with Crippen LogP contribution in [0.2, 0.25) is 0 Å². The van der Waals surface area contributed by atoms with Gasteiger partial charge in [-0.25, -0.2) is 9.97 Å². The van der Waals surface area contributed by atoms with E-state index < -0.39 is 0 Å². The Morgan fingerprint density at radius 2 is 1.93 bits per heavy atom. The maximum absolute atomic E-state index is 12.9. The molecule has 4 N–H and O–H groups in total. The number of aryl methyl sites for hydroxylation is 2. The molecule has 2 aromatic heterocycles. The molecular weight excluding hydrogens is 506 g/mol. The topological polar surface area (TPSA) is 133 Å². The molecule has 0 radical (unpaired) electrons. The summed E-state index contributed by atoms with van der Waals surface area (Å²) in [4.78, 5) is 24.5. The first-order valence-electron chi connectivity index (χ1n) is 14.8. The Morgan fingerprint density at radius 1 is 1.18 bits per heavy atom. The zero-order valence-electron chi connectivity index (χ0n) is 24.3. The van der Waals surface area contributed by atoms with Crippen molar-refractivity contribution in [3.63, 3.8) is 0 Å². The van der Waals surface area contributed by atoms with Gasteiger partial charge in [0.2, 0.25) is 0 Å². The van der Waals surface area contributed by atoms with E-state index in [1.54, 1.807) is 6.92 Å². The molecule has 3 saturated carbocycles. The summed E-state index contributed by atoms with van der Waals surface area (Å²) in [5, 5.41) is 23.2. The lowest BCUT2D eigenvalue weighted by Crippen LogP contribution is -2.60. The number of nitrogens with one attached hydrogen (secondary N) is 4. The minimum Gasteiger partial charge on any atom is -0.383 e. The molecule has 7 rings (SSSR count). The summed E-state index contributed by atoms with van der Waals surface area (Å²) < 4.78 is 8.00. The summed E-state index contributed by atoms with van der Waals surface area (Å²) >= 11 is 0. The van der Waals surface area contributed by atoms with E-state index in [0.29, 0.717) is 30.4 Å². The van der Waals surface area contributed by atoms with Gasteiger partial charge in [0.25, 0.3) is 5.91 Å². The minimum atomic E-state index is -0.369. The Balaban J connectivity index is 1.15. The summed E-state index contributed by atoms with van der Waals surface area (Å²) in [5.74, 6) is 1.59. The van der Waals surface area contributed by atoms with Gasteiger partial charge in [0.05, 0.1) is 18.0 Å². The van der Waals surface area contributed by atoms with Gasteiger partial charge in [-0.15, -0.1) is 0 Å². The molecule has 2 aromatic rings. The van der Waals surface area contributed by atoms with Crippen LogP contribution < -0.4 is 20.9 Å². The number of aromatic nitrogens is 4. The van der Waals surface area contributed by atoms with E-state index in [0.717, 1.165) is 88.3 Å². The third kappa shape index (κ3) is 4.87. The van der Waals surface area contributed by atoms with Gasteiger partial charge in [-0.05, 0) is 64.7 Å². The van der Waals surface area contributed by atoms with E-state index in [9.17, 15) is 4.79 Å². The van der Waals surface area contributed by atoms with Gasteiger partial charge in [0.1, 0.15) is 23.3 Å². The molecule has 11 heteroatoms. The Bertz CT molecular complexity index is 1290. The van der Waals surface area contributed by atoms with Gasteiger partial charge in [-0.2, -0.15) is 5.10 Å². The highest BCUT2D eigenvalue weighted by Crippen LogP contribution is 2.53. The van der Waals surface area contributed by atoms with Crippen LogP contribution in [0.3, 0.4) is 0 Å². The molecule has 40 heavy (non-hydrogen) atoms. The van der Waals surface area contributed by atoms with E-state index in [-0.39, 0.29) is 23.0 Å². The number of hydrogen-bond acceptors (Lipinski definition) is 9. The lowest BCUT2D eigenvalue weighted by Gasteiger charge is -2.54. The van der Waals surface area contributed by atoms with Crippen molar-refractivity contribution in [1.82, 2.24) is 30.4 Å². The molecule has 2 aliphatic heterocycles. The first-order valence-corrected chi connectivity index (χ1v) is 14.8. The summed E-state index contributed by atoms with van der Waals surface area (Å²) in [6, 6.07) is 0. The third-order valence-corrected chi connectivity index (χ3v) is 9.74. The van der Waals surface area contributed by atoms with Crippen LogP contribution in [0.4, 0.5) is 11.5 Å². The molecule has 1 amide bonds. The number of anilines is 2. The van der Waals surface area contributed by atoms with Gasteiger partial charge in [-0.3, -0.25) is 9.48 Å². The predicted molar refractivity (Wildman–Crippen MR) is 154 cm³/mol. The highest BCUT2D eigenvalue weighted by Gasteiger charge is 2.50. The number of ether oxygens (including phenoxy) is 1. The smallest absolute Gasteiger partial charge is 0.250 e. The standard InChI is InChI=1S/C29H43N9O2/c1-18(30)24-25(31-4)26(34-20(3)33-24)37-13-5-22-21(16-37)19(2)36-38(22)17-28-6-9-29(10-7-28,11-8-28)35-27(39)23-15-32-12-14-40-23/h23,30-32H,5-17H2,1-4H3,(H,35,39)/t23-,28?,29?/m0/s1. The van der Waals surface area contributed by atoms with Crippen molar-refractivity contribution in [2.75, 3.05) is 43.5 Å². The molecule has 3 aliphatic carbocycles. The lowest BCUT2D eigenvalue weighted by atomic mass is 9.57. The van der Waals surface area contributed by atoms with E-state index in [1.807, 2.05) is 14.0 Å². The van der Waals surface area contributed by atoms with Gasteiger partial charge < -0.3 is 31.0 Å². The van der Waals surface area contributed by atoms with E-state index in [4.69, 9.17) is 20.2 Å². The summed E-state index contributed by atoms with van der Waals surface area (Å²) in [6.07, 6.45) is 6.99. The van der Waals surface area contributed by atoms with Crippen LogP contribution in [-0.4, -0.2) is 76.3 Å². The molecule has 4 fully saturated rings. The van der Waals surface area contributed by atoms with Gasteiger partial charge in [-0.1, -0.05) is 0 Å². The Morgan fingerprint density at radius 3 is 2.58 bits per heavy atom. The van der Waals surface area contributed by atoms with Crippen LogP contribution in [0.25, 0.3) is 0 Å². The number of carbonyl (C=O) groups excluding carboxylic acids is 1. The average molecular weight is 550 g/mol. The molecular formula is C29H43N9O2. The molecule has 5 aliphatic rings. The van der Waals surface area contributed by atoms with E-state index in [2.05, 4.69) is 37.4 Å². The maximum atomic E-state index is 12.9. The molecule has 0 aromatic carbocycles. The van der Waals surface area contributed by atoms with Gasteiger partial charge in [0, 0.05) is 63.0 Å². The van der Waals surface area contributed by atoms with Crippen LogP contribution in [0.1, 0.15) is 73.9 Å². The molecule has 216 valence electrons. The number of fused-ring (bicyclic) bond motifs is 4. The number of nitrogens with zero attached hydrogens (tertiary/aromatic N) is 5. The lowest BCUT2D eigenvalue weighted by molar-refractivity contribution is -0.138. The van der Waals surface area contributed by atoms with Crippen molar-refractivity contribution < 1.29 is 9.53 Å².